The first-order valence-corrected chi connectivity index (χ1v) is 16.0. The van der Waals surface area contributed by atoms with Crippen molar-refractivity contribution in [1.29, 1.82) is 0 Å². The topological polar surface area (TPSA) is 0 Å². The number of fused-ring (bicyclic) bond motifs is 10. The molecule has 0 unspecified atom stereocenters. The zero-order valence-electron chi connectivity index (χ0n) is 25.2. The van der Waals surface area contributed by atoms with Crippen LogP contribution in [0.2, 0.25) is 0 Å². The van der Waals surface area contributed by atoms with Crippen LogP contribution in [0.4, 0.5) is 0 Å². The van der Waals surface area contributed by atoms with Crippen molar-refractivity contribution in [3.05, 3.63) is 170 Å². The molecular formula is C46H28. The molecule has 0 saturated heterocycles. The van der Waals surface area contributed by atoms with E-state index in [1.807, 2.05) is 0 Å². The second-order valence-electron chi connectivity index (χ2n) is 12.4. The molecular weight excluding hydrogens is 553 g/mol. The molecule has 0 heteroatoms. The standard InChI is InChI=1S/C46H28/c1-3-14-32-29(12-1)26-27-36-34(32)22-11-23-38(36)45-39-18-7-9-20-41(39)46(42-21-10-8-19-40(42)45)43-28-31-25-24-30-13-2-4-15-33(30)44(31)37-17-6-5-16-35(37)43/h1-28H. The summed E-state index contributed by atoms with van der Waals surface area (Å²) in [7, 11) is 0. The van der Waals surface area contributed by atoms with Gasteiger partial charge in [-0.3, -0.25) is 0 Å². The fourth-order valence-electron chi connectivity index (χ4n) is 8.05. The molecule has 10 aromatic rings. The molecule has 0 fully saturated rings. The van der Waals surface area contributed by atoms with E-state index in [4.69, 9.17) is 0 Å². The predicted octanol–water partition coefficient (Wildman–Crippen LogP) is 13.1. The SMILES string of the molecule is c1ccc2c(c1)ccc1c(-c3c4ccccc4c(-c4cc5ccc6ccccc6c5c5ccccc45)c4ccccc34)cccc12. The first-order chi connectivity index (χ1) is 22.8. The summed E-state index contributed by atoms with van der Waals surface area (Å²) in [5.41, 5.74) is 5.15. The van der Waals surface area contributed by atoms with Crippen molar-refractivity contribution in [2.45, 2.75) is 0 Å². The van der Waals surface area contributed by atoms with E-state index in [9.17, 15) is 0 Å². The Morgan fingerprint density at radius 2 is 0.652 bits per heavy atom. The summed E-state index contributed by atoms with van der Waals surface area (Å²) in [5, 5.41) is 18.0. The van der Waals surface area contributed by atoms with Gasteiger partial charge in [0.1, 0.15) is 0 Å². The molecule has 10 rings (SSSR count). The predicted molar refractivity (Wildman–Crippen MR) is 200 cm³/mol. The molecule has 0 amide bonds. The summed E-state index contributed by atoms with van der Waals surface area (Å²) in [6, 6.07) is 62.8. The Labute approximate surface area is 266 Å². The zero-order valence-corrected chi connectivity index (χ0v) is 25.2. The van der Waals surface area contributed by atoms with E-state index in [0.717, 1.165) is 0 Å². The van der Waals surface area contributed by atoms with E-state index in [-0.39, 0.29) is 0 Å². The summed E-state index contributed by atoms with van der Waals surface area (Å²) < 4.78 is 0. The van der Waals surface area contributed by atoms with Crippen molar-refractivity contribution >= 4 is 75.4 Å². The molecule has 0 nitrogen and oxygen atoms in total. The molecule has 0 aliphatic carbocycles. The van der Waals surface area contributed by atoms with E-state index in [1.54, 1.807) is 0 Å². The average molecular weight is 581 g/mol. The second kappa shape index (κ2) is 9.76. The average Bonchev–Trinajstić information content (AvgIpc) is 3.13. The van der Waals surface area contributed by atoms with Crippen molar-refractivity contribution in [3.8, 4) is 22.3 Å². The molecule has 0 atom stereocenters. The monoisotopic (exact) mass is 580 g/mol. The van der Waals surface area contributed by atoms with Crippen LogP contribution in [-0.4, -0.2) is 0 Å². The highest BCUT2D eigenvalue weighted by atomic mass is 14.2. The van der Waals surface area contributed by atoms with Crippen LogP contribution in [0, 0.1) is 0 Å². The first-order valence-electron chi connectivity index (χ1n) is 16.0. The minimum absolute atomic E-state index is 1.27. The molecule has 212 valence electrons. The third-order valence-corrected chi connectivity index (χ3v) is 10.0. The van der Waals surface area contributed by atoms with Gasteiger partial charge >= 0.3 is 0 Å². The lowest BCUT2D eigenvalue weighted by Gasteiger charge is -2.21. The summed E-state index contributed by atoms with van der Waals surface area (Å²) in [6.45, 7) is 0. The van der Waals surface area contributed by atoms with E-state index in [2.05, 4.69) is 170 Å². The number of hydrogen-bond acceptors (Lipinski definition) is 0. The lowest BCUT2D eigenvalue weighted by molar-refractivity contribution is 1.70. The van der Waals surface area contributed by atoms with Crippen LogP contribution in [0.1, 0.15) is 0 Å². The second-order valence-corrected chi connectivity index (χ2v) is 12.4. The smallest absolute Gasteiger partial charge is 0.00199 e. The Kier molecular flexibility index (Phi) is 5.38. The van der Waals surface area contributed by atoms with E-state index >= 15 is 0 Å². The minimum atomic E-state index is 1.27. The molecule has 0 aliphatic heterocycles. The molecule has 46 heavy (non-hydrogen) atoms. The number of hydrogen-bond donors (Lipinski definition) is 0. The zero-order chi connectivity index (χ0) is 30.2. The summed E-state index contributed by atoms with van der Waals surface area (Å²) in [4.78, 5) is 0. The third kappa shape index (κ3) is 3.56. The molecule has 0 N–H and O–H groups in total. The van der Waals surface area contributed by atoms with E-state index in [0.29, 0.717) is 0 Å². The van der Waals surface area contributed by atoms with Gasteiger partial charge in [0.05, 0.1) is 0 Å². The normalized spacial score (nSPS) is 11.9. The maximum Gasteiger partial charge on any atom is -0.00199 e. The van der Waals surface area contributed by atoms with Gasteiger partial charge in [0.25, 0.3) is 0 Å². The van der Waals surface area contributed by atoms with Crippen LogP contribution in [0.3, 0.4) is 0 Å². The minimum Gasteiger partial charge on any atom is -0.0616 e. The van der Waals surface area contributed by atoms with Gasteiger partial charge in [0.2, 0.25) is 0 Å². The maximum atomic E-state index is 2.43. The van der Waals surface area contributed by atoms with Gasteiger partial charge in [-0.15, -0.1) is 0 Å². The fourth-order valence-corrected chi connectivity index (χ4v) is 8.05. The maximum absolute atomic E-state index is 2.43. The van der Waals surface area contributed by atoms with Crippen LogP contribution in [0.25, 0.3) is 97.7 Å². The molecule has 0 aromatic heterocycles. The Morgan fingerprint density at radius 1 is 0.217 bits per heavy atom. The van der Waals surface area contributed by atoms with Crippen molar-refractivity contribution in [2.75, 3.05) is 0 Å². The van der Waals surface area contributed by atoms with Crippen molar-refractivity contribution in [1.82, 2.24) is 0 Å². The molecule has 0 bridgehead atoms. The lowest BCUT2D eigenvalue weighted by atomic mass is 9.82. The highest BCUT2D eigenvalue weighted by Crippen LogP contribution is 2.48. The van der Waals surface area contributed by atoms with Gasteiger partial charge in [0, 0.05) is 0 Å². The Bertz CT molecular complexity index is 2800. The highest BCUT2D eigenvalue weighted by Gasteiger charge is 2.20. The van der Waals surface area contributed by atoms with Crippen molar-refractivity contribution in [2.24, 2.45) is 0 Å². The fraction of sp³-hybridized carbons (Fsp3) is 0. The van der Waals surface area contributed by atoms with Gasteiger partial charge < -0.3 is 0 Å². The van der Waals surface area contributed by atoms with Gasteiger partial charge in [-0.25, -0.2) is 0 Å². The van der Waals surface area contributed by atoms with E-state index < -0.39 is 0 Å². The number of benzene rings is 10. The first kappa shape index (κ1) is 25.4. The third-order valence-electron chi connectivity index (χ3n) is 10.0. The Morgan fingerprint density at radius 3 is 1.33 bits per heavy atom. The van der Waals surface area contributed by atoms with Crippen LogP contribution in [0.5, 0.6) is 0 Å². The van der Waals surface area contributed by atoms with Crippen LogP contribution < -0.4 is 0 Å². The van der Waals surface area contributed by atoms with Gasteiger partial charge in [-0.1, -0.05) is 164 Å². The lowest BCUT2D eigenvalue weighted by Crippen LogP contribution is -1.93. The molecule has 0 radical (unpaired) electrons. The highest BCUT2D eigenvalue weighted by molar-refractivity contribution is 6.29. The Hall–Kier alpha value is -5.98. The number of rotatable bonds is 2. The van der Waals surface area contributed by atoms with Crippen LogP contribution in [-0.2, 0) is 0 Å². The van der Waals surface area contributed by atoms with Crippen LogP contribution in [0.15, 0.2) is 170 Å². The molecule has 0 heterocycles. The summed E-state index contributed by atoms with van der Waals surface area (Å²) in [5.74, 6) is 0. The largest absolute Gasteiger partial charge is 0.0616 e. The summed E-state index contributed by atoms with van der Waals surface area (Å²) in [6.07, 6.45) is 0. The van der Waals surface area contributed by atoms with Gasteiger partial charge in [0.15, 0.2) is 0 Å². The molecule has 0 saturated carbocycles. The Balaban J connectivity index is 1.37. The van der Waals surface area contributed by atoms with E-state index in [1.165, 1.54) is 97.7 Å². The molecule has 0 aliphatic rings. The van der Waals surface area contributed by atoms with Crippen molar-refractivity contribution < 1.29 is 0 Å². The van der Waals surface area contributed by atoms with Gasteiger partial charge in [-0.05, 0) is 104 Å². The quantitative estimate of drug-likeness (QED) is 0.141. The summed E-state index contributed by atoms with van der Waals surface area (Å²) >= 11 is 0. The van der Waals surface area contributed by atoms with Crippen LogP contribution >= 0.6 is 0 Å². The molecule has 10 aromatic carbocycles. The van der Waals surface area contributed by atoms with Gasteiger partial charge in [-0.2, -0.15) is 0 Å². The molecule has 0 spiro atoms. The van der Waals surface area contributed by atoms with Crippen molar-refractivity contribution in [3.63, 3.8) is 0 Å².